The van der Waals surface area contributed by atoms with Crippen LogP contribution in [0.3, 0.4) is 0 Å². The Morgan fingerprint density at radius 2 is 2.00 bits per heavy atom. The number of benzene rings is 1. The quantitative estimate of drug-likeness (QED) is 0.593. The van der Waals surface area contributed by atoms with Gasteiger partial charge in [0.1, 0.15) is 17.6 Å². The number of hydrogen-bond donors (Lipinski definition) is 1. The highest BCUT2D eigenvalue weighted by Crippen LogP contribution is 2.23. The number of ether oxygens (including phenoxy) is 1. The van der Waals surface area contributed by atoms with E-state index in [1.54, 1.807) is 36.4 Å². The Hall–Kier alpha value is -2.81. The van der Waals surface area contributed by atoms with Crippen LogP contribution in [0.15, 0.2) is 52.2 Å². The highest BCUT2D eigenvalue weighted by Gasteiger charge is 2.29. The fraction of sp³-hybridized carbons (Fsp3) is 0.250. The Balaban J connectivity index is 2.17. The Morgan fingerprint density at radius 1 is 1.32 bits per heavy atom. The highest BCUT2D eigenvalue weighted by molar-refractivity contribution is 7.92. The summed E-state index contributed by atoms with van der Waals surface area (Å²) in [6.45, 7) is 1.48. The molecule has 1 unspecified atom stereocenters. The second kappa shape index (κ2) is 7.84. The molecule has 1 heterocycles. The first-order valence-electron chi connectivity index (χ1n) is 7.33. The van der Waals surface area contributed by atoms with Crippen LogP contribution < -0.4 is 14.5 Å². The molecular formula is C16H19N3O5S. The summed E-state index contributed by atoms with van der Waals surface area (Å²) in [5.41, 5.74) is 2.65. The minimum atomic E-state index is -3.69. The maximum absolute atomic E-state index is 12.3. The van der Waals surface area contributed by atoms with Crippen molar-refractivity contribution < 1.29 is 22.4 Å². The lowest BCUT2D eigenvalue weighted by Gasteiger charge is -2.27. The summed E-state index contributed by atoms with van der Waals surface area (Å²) in [6, 6.07) is 8.71. The third-order valence-corrected chi connectivity index (χ3v) is 4.57. The van der Waals surface area contributed by atoms with Crippen molar-refractivity contribution in [2.24, 2.45) is 5.10 Å². The van der Waals surface area contributed by atoms with Crippen molar-refractivity contribution in [3.05, 3.63) is 48.4 Å². The number of furan rings is 1. The molecule has 25 heavy (non-hydrogen) atoms. The van der Waals surface area contributed by atoms with Crippen molar-refractivity contribution in [1.82, 2.24) is 5.43 Å². The van der Waals surface area contributed by atoms with Gasteiger partial charge in [-0.2, -0.15) is 5.10 Å². The van der Waals surface area contributed by atoms with Crippen LogP contribution in [0.4, 0.5) is 5.69 Å². The number of hydrogen-bond acceptors (Lipinski definition) is 6. The van der Waals surface area contributed by atoms with Gasteiger partial charge in [0.15, 0.2) is 0 Å². The lowest BCUT2D eigenvalue weighted by Crippen LogP contribution is -2.46. The number of nitrogens with one attached hydrogen (secondary N) is 1. The average Bonchev–Trinajstić information content (AvgIpc) is 3.07. The van der Waals surface area contributed by atoms with Gasteiger partial charge in [-0.3, -0.25) is 9.10 Å². The molecule has 1 amide bonds. The monoisotopic (exact) mass is 365 g/mol. The standard InChI is InChI=1S/C16H19N3O5S/c1-12(16(20)18-17-11-15-5-4-10-24-15)19(25(3,21)22)13-6-8-14(23-2)9-7-13/h4-12H,1-3H3,(H,18,20). The SMILES string of the molecule is COc1ccc(N(C(C)C(=O)NN=Cc2ccco2)S(C)(=O)=O)cc1. The van der Waals surface area contributed by atoms with Crippen LogP contribution in [0, 0.1) is 0 Å². The van der Waals surface area contributed by atoms with E-state index >= 15 is 0 Å². The minimum absolute atomic E-state index is 0.348. The fourth-order valence-corrected chi connectivity index (χ4v) is 3.33. The predicted octanol–water partition coefficient (Wildman–Crippen LogP) is 1.59. The maximum atomic E-state index is 12.3. The summed E-state index contributed by atoms with van der Waals surface area (Å²) in [5.74, 6) is 0.462. The van der Waals surface area contributed by atoms with Crippen molar-refractivity contribution in [2.75, 3.05) is 17.7 Å². The first-order valence-corrected chi connectivity index (χ1v) is 9.17. The molecule has 0 bridgehead atoms. The molecule has 8 nitrogen and oxygen atoms in total. The van der Waals surface area contributed by atoms with Crippen LogP contribution in [-0.2, 0) is 14.8 Å². The van der Waals surface area contributed by atoms with Crippen LogP contribution in [0.2, 0.25) is 0 Å². The summed E-state index contributed by atoms with van der Waals surface area (Å²) in [6.07, 6.45) is 3.83. The van der Waals surface area contributed by atoms with Crippen molar-refractivity contribution >= 4 is 27.8 Å². The van der Waals surface area contributed by atoms with Crippen LogP contribution >= 0.6 is 0 Å². The van der Waals surface area contributed by atoms with Crippen molar-refractivity contribution in [3.8, 4) is 5.75 Å². The molecule has 0 spiro atoms. The van der Waals surface area contributed by atoms with Crippen molar-refractivity contribution in [1.29, 1.82) is 0 Å². The lowest BCUT2D eigenvalue weighted by atomic mass is 10.2. The number of methoxy groups -OCH3 is 1. The number of hydrazone groups is 1. The number of rotatable bonds is 7. The van der Waals surface area contributed by atoms with E-state index in [1.807, 2.05) is 0 Å². The van der Waals surface area contributed by atoms with Gasteiger partial charge in [0.05, 0.1) is 31.5 Å². The van der Waals surface area contributed by atoms with Gasteiger partial charge in [0, 0.05) is 0 Å². The van der Waals surface area contributed by atoms with E-state index in [4.69, 9.17) is 9.15 Å². The fourth-order valence-electron chi connectivity index (χ4n) is 2.16. The van der Waals surface area contributed by atoms with Crippen LogP contribution in [0.5, 0.6) is 5.75 Å². The van der Waals surface area contributed by atoms with Gasteiger partial charge in [-0.15, -0.1) is 0 Å². The molecule has 1 atom stereocenters. The number of carbonyl (C=O) groups excluding carboxylic acids is 1. The molecule has 0 radical (unpaired) electrons. The van der Waals surface area contributed by atoms with Crippen LogP contribution in [-0.4, -0.2) is 39.9 Å². The van der Waals surface area contributed by atoms with Crippen molar-refractivity contribution in [3.63, 3.8) is 0 Å². The first kappa shape index (κ1) is 18.5. The molecule has 0 aliphatic carbocycles. The summed E-state index contributed by atoms with van der Waals surface area (Å²) in [7, 11) is -2.18. The van der Waals surface area contributed by atoms with Crippen LogP contribution in [0.25, 0.3) is 0 Å². The average molecular weight is 365 g/mol. The normalized spacial score (nSPS) is 12.8. The van der Waals surface area contributed by atoms with Gasteiger partial charge in [-0.1, -0.05) is 0 Å². The zero-order valence-electron chi connectivity index (χ0n) is 14.0. The van der Waals surface area contributed by atoms with Gasteiger partial charge >= 0.3 is 0 Å². The Morgan fingerprint density at radius 3 is 2.52 bits per heavy atom. The zero-order chi connectivity index (χ0) is 18.4. The van der Waals surface area contributed by atoms with Gasteiger partial charge in [-0.25, -0.2) is 13.8 Å². The Bertz CT molecular complexity index is 829. The smallest absolute Gasteiger partial charge is 0.263 e. The lowest BCUT2D eigenvalue weighted by molar-refractivity contribution is -0.121. The summed E-state index contributed by atoms with van der Waals surface area (Å²) < 4.78 is 35.4. The number of amides is 1. The van der Waals surface area contributed by atoms with E-state index in [-0.39, 0.29) is 0 Å². The molecule has 0 saturated heterocycles. The van der Waals surface area contributed by atoms with Gasteiger partial charge in [0.2, 0.25) is 10.0 Å². The third-order valence-electron chi connectivity index (χ3n) is 3.33. The van der Waals surface area contributed by atoms with E-state index in [1.165, 1.54) is 26.5 Å². The molecule has 1 N–H and O–H groups in total. The van der Waals surface area contributed by atoms with E-state index < -0.39 is 22.0 Å². The molecular weight excluding hydrogens is 346 g/mol. The Labute approximate surface area is 146 Å². The van der Waals surface area contributed by atoms with E-state index in [2.05, 4.69) is 10.5 Å². The highest BCUT2D eigenvalue weighted by atomic mass is 32.2. The van der Waals surface area contributed by atoms with Crippen molar-refractivity contribution in [2.45, 2.75) is 13.0 Å². The molecule has 134 valence electrons. The number of nitrogens with zero attached hydrogens (tertiary/aromatic N) is 2. The molecule has 2 aromatic rings. The molecule has 1 aromatic carbocycles. The number of anilines is 1. The van der Waals surface area contributed by atoms with Gasteiger partial charge in [-0.05, 0) is 43.3 Å². The predicted molar refractivity (Wildman–Crippen MR) is 94.2 cm³/mol. The molecule has 2 rings (SSSR count). The topological polar surface area (TPSA) is 101 Å². The largest absolute Gasteiger partial charge is 0.497 e. The van der Waals surface area contributed by atoms with Crippen LogP contribution in [0.1, 0.15) is 12.7 Å². The first-order chi connectivity index (χ1) is 11.8. The number of sulfonamides is 1. The second-order valence-electron chi connectivity index (χ2n) is 5.18. The Kier molecular flexibility index (Phi) is 5.81. The summed E-state index contributed by atoms with van der Waals surface area (Å²) in [5, 5.41) is 3.76. The van der Waals surface area contributed by atoms with E-state index in [0.717, 1.165) is 10.6 Å². The summed E-state index contributed by atoms with van der Waals surface area (Å²) in [4.78, 5) is 12.3. The maximum Gasteiger partial charge on any atom is 0.263 e. The molecule has 0 saturated carbocycles. The second-order valence-corrected chi connectivity index (χ2v) is 7.04. The van der Waals surface area contributed by atoms with Gasteiger partial charge in [0.25, 0.3) is 5.91 Å². The molecule has 0 aliphatic rings. The van der Waals surface area contributed by atoms with E-state index in [9.17, 15) is 13.2 Å². The molecule has 9 heteroatoms. The summed E-state index contributed by atoms with van der Waals surface area (Å²) >= 11 is 0. The number of carbonyl (C=O) groups is 1. The molecule has 0 aliphatic heterocycles. The minimum Gasteiger partial charge on any atom is -0.497 e. The van der Waals surface area contributed by atoms with E-state index in [0.29, 0.717) is 17.2 Å². The van der Waals surface area contributed by atoms with Gasteiger partial charge < -0.3 is 9.15 Å². The zero-order valence-corrected chi connectivity index (χ0v) is 14.9. The third kappa shape index (κ3) is 4.83. The molecule has 1 aromatic heterocycles. The molecule has 0 fully saturated rings.